The lowest BCUT2D eigenvalue weighted by molar-refractivity contribution is -0.274. The van der Waals surface area contributed by atoms with E-state index in [0.717, 1.165) is 0 Å². The third kappa shape index (κ3) is 6.48. The van der Waals surface area contributed by atoms with E-state index in [2.05, 4.69) is 5.16 Å². The number of hydrogen-bond donors (Lipinski definition) is 3. The van der Waals surface area contributed by atoms with E-state index in [1.165, 1.54) is 0 Å². The van der Waals surface area contributed by atoms with Crippen molar-refractivity contribution in [3.8, 4) is 0 Å². The van der Waals surface area contributed by atoms with Crippen LogP contribution < -0.4 is 11.1 Å². The van der Waals surface area contributed by atoms with Crippen molar-refractivity contribution in [2.45, 2.75) is 31.6 Å². The number of carbonyl (C=O) groups excluding carboxylic acids is 1. The number of amidine groups is 1. The van der Waals surface area contributed by atoms with E-state index in [0.29, 0.717) is 0 Å². The van der Waals surface area contributed by atoms with Gasteiger partial charge < -0.3 is 16.3 Å². The van der Waals surface area contributed by atoms with Crippen molar-refractivity contribution in [3.63, 3.8) is 0 Å². The average molecular weight is 309 g/mol. The zero-order chi connectivity index (χ0) is 16.0. The van der Waals surface area contributed by atoms with Gasteiger partial charge in [0.1, 0.15) is 5.84 Å². The summed E-state index contributed by atoms with van der Waals surface area (Å²) in [6.07, 6.45) is -11.0. The minimum Gasteiger partial charge on any atom is -0.409 e. The van der Waals surface area contributed by atoms with Gasteiger partial charge in [0.05, 0.1) is 0 Å². The molecular formula is C9H13F6N3O2. The first-order valence-corrected chi connectivity index (χ1v) is 5.37. The van der Waals surface area contributed by atoms with Gasteiger partial charge in [0.2, 0.25) is 11.8 Å². The second kappa shape index (κ2) is 7.20. The number of nitrogens with zero attached hydrogens (tertiary/aromatic N) is 1. The monoisotopic (exact) mass is 309 g/mol. The molecule has 0 atom stereocenters. The van der Waals surface area contributed by atoms with Crippen molar-refractivity contribution in [1.29, 1.82) is 0 Å². The highest BCUT2D eigenvalue weighted by molar-refractivity contribution is 5.80. The van der Waals surface area contributed by atoms with Crippen LogP contribution in [-0.2, 0) is 4.79 Å². The Morgan fingerprint density at radius 1 is 1.15 bits per heavy atom. The van der Waals surface area contributed by atoms with Crippen LogP contribution in [0.5, 0.6) is 0 Å². The molecule has 0 rings (SSSR count). The van der Waals surface area contributed by atoms with Crippen LogP contribution >= 0.6 is 0 Å². The molecule has 0 heterocycles. The van der Waals surface area contributed by atoms with Gasteiger partial charge in [-0.3, -0.25) is 4.79 Å². The summed E-state index contributed by atoms with van der Waals surface area (Å²) in [7, 11) is 0. The van der Waals surface area contributed by atoms with Gasteiger partial charge in [0.15, 0.2) is 0 Å². The van der Waals surface area contributed by atoms with Crippen molar-refractivity contribution in [1.82, 2.24) is 5.32 Å². The molecule has 0 aliphatic heterocycles. The number of nitrogens with two attached hydrogens (primary N) is 1. The molecule has 118 valence electrons. The molecule has 4 N–H and O–H groups in total. The van der Waals surface area contributed by atoms with E-state index >= 15 is 0 Å². The number of oxime groups is 1. The Morgan fingerprint density at radius 3 is 2.05 bits per heavy atom. The molecular weight excluding hydrogens is 296 g/mol. The molecule has 0 spiro atoms. The molecule has 0 aliphatic carbocycles. The predicted molar refractivity (Wildman–Crippen MR) is 55.9 cm³/mol. The van der Waals surface area contributed by atoms with Crippen LogP contribution in [0.3, 0.4) is 0 Å². The summed E-state index contributed by atoms with van der Waals surface area (Å²) in [5.41, 5.74) is 5.09. The zero-order valence-electron chi connectivity index (χ0n) is 10.1. The predicted octanol–water partition coefficient (Wildman–Crippen LogP) is 1.76. The van der Waals surface area contributed by atoms with Gasteiger partial charge in [0, 0.05) is 13.0 Å². The molecule has 0 saturated carbocycles. The minimum absolute atomic E-state index is 0.0877. The van der Waals surface area contributed by atoms with Crippen LogP contribution in [0.25, 0.3) is 0 Å². The van der Waals surface area contributed by atoms with Crippen molar-refractivity contribution in [2.24, 2.45) is 16.8 Å². The van der Waals surface area contributed by atoms with E-state index in [1.54, 1.807) is 5.32 Å². The third-order valence-corrected chi connectivity index (χ3v) is 2.20. The van der Waals surface area contributed by atoms with Crippen LogP contribution in [0, 0.1) is 5.92 Å². The number of halogens is 6. The van der Waals surface area contributed by atoms with Crippen molar-refractivity contribution in [2.75, 3.05) is 6.54 Å². The lowest BCUT2D eigenvalue weighted by Crippen LogP contribution is -2.48. The highest BCUT2D eigenvalue weighted by Gasteiger charge is 2.60. The number of unbranched alkanes of at least 4 members (excludes halogenated alkanes) is 1. The maximum absolute atomic E-state index is 12.2. The number of carbonyl (C=O) groups is 1. The fraction of sp³-hybridized carbons (Fsp3) is 0.778. The maximum atomic E-state index is 12.2. The Kier molecular flexibility index (Phi) is 6.59. The first-order chi connectivity index (χ1) is 9.00. The second-order valence-electron chi connectivity index (χ2n) is 3.86. The Balaban J connectivity index is 4.30. The van der Waals surface area contributed by atoms with Gasteiger partial charge in [-0.15, -0.1) is 0 Å². The van der Waals surface area contributed by atoms with Gasteiger partial charge in [-0.25, -0.2) is 0 Å². The standard InChI is InChI=1S/C9H13F6N3O2/c10-8(11,12)6(9(13,14)15)7(19)17-4-2-1-3-5(16)18-20/h6,20H,1-4H2,(H2,16,18)(H,17,19). The topological polar surface area (TPSA) is 87.7 Å². The summed E-state index contributed by atoms with van der Waals surface area (Å²) in [6.45, 7) is -0.375. The molecule has 0 aliphatic rings. The van der Waals surface area contributed by atoms with Crippen molar-refractivity contribution in [3.05, 3.63) is 0 Å². The van der Waals surface area contributed by atoms with Gasteiger partial charge in [-0.05, 0) is 12.8 Å². The molecule has 20 heavy (non-hydrogen) atoms. The lowest BCUT2D eigenvalue weighted by atomic mass is 10.1. The van der Waals surface area contributed by atoms with E-state index in [4.69, 9.17) is 10.9 Å². The van der Waals surface area contributed by atoms with Gasteiger partial charge in [-0.1, -0.05) is 5.16 Å². The number of alkyl halides is 6. The number of hydrogen-bond acceptors (Lipinski definition) is 3. The normalized spacial score (nSPS) is 13.7. The van der Waals surface area contributed by atoms with E-state index < -0.39 is 24.2 Å². The minimum atomic E-state index is -5.70. The maximum Gasteiger partial charge on any atom is 0.409 e. The Hall–Kier alpha value is -1.68. The van der Waals surface area contributed by atoms with Crippen LogP contribution in [0.15, 0.2) is 5.16 Å². The smallest absolute Gasteiger partial charge is 0.409 e. The first-order valence-electron chi connectivity index (χ1n) is 5.37. The van der Waals surface area contributed by atoms with Crippen LogP contribution in [-0.4, -0.2) is 35.8 Å². The van der Waals surface area contributed by atoms with Gasteiger partial charge in [0.25, 0.3) is 0 Å². The first kappa shape index (κ1) is 18.3. The molecule has 0 aromatic carbocycles. The van der Waals surface area contributed by atoms with E-state index in [9.17, 15) is 31.1 Å². The number of nitrogens with one attached hydrogen (secondary N) is 1. The van der Waals surface area contributed by atoms with E-state index in [-0.39, 0.29) is 31.6 Å². The Morgan fingerprint density at radius 2 is 1.65 bits per heavy atom. The summed E-state index contributed by atoms with van der Waals surface area (Å²) in [6, 6.07) is 0. The molecule has 5 nitrogen and oxygen atoms in total. The lowest BCUT2D eigenvalue weighted by Gasteiger charge is -2.21. The quantitative estimate of drug-likeness (QED) is 0.174. The molecule has 0 bridgehead atoms. The van der Waals surface area contributed by atoms with Crippen LogP contribution in [0.2, 0.25) is 0 Å². The van der Waals surface area contributed by atoms with Gasteiger partial charge >= 0.3 is 12.4 Å². The molecule has 0 radical (unpaired) electrons. The second-order valence-corrected chi connectivity index (χ2v) is 3.86. The molecule has 0 fully saturated rings. The van der Waals surface area contributed by atoms with Gasteiger partial charge in [-0.2, -0.15) is 26.3 Å². The molecule has 0 aromatic heterocycles. The molecule has 1 amide bonds. The highest BCUT2D eigenvalue weighted by Crippen LogP contribution is 2.39. The fourth-order valence-corrected chi connectivity index (χ4v) is 1.28. The summed E-state index contributed by atoms with van der Waals surface area (Å²) >= 11 is 0. The SMILES string of the molecule is NC(CCCCNC(=O)C(C(F)(F)F)C(F)(F)F)=NO. The summed E-state index contributed by atoms with van der Waals surface area (Å²) in [4.78, 5) is 11.0. The van der Waals surface area contributed by atoms with Crippen molar-refractivity contribution < 1.29 is 36.3 Å². The Labute approximate surface area is 109 Å². The highest BCUT2D eigenvalue weighted by atomic mass is 19.4. The molecule has 0 unspecified atom stereocenters. The largest absolute Gasteiger partial charge is 0.409 e. The summed E-state index contributed by atoms with van der Waals surface area (Å²) < 4.78 is 72.9. The Bertz CT molecular complexity index is 339. The molecule has 11 heteroatoms. The summed E-state index contributed by atoms with van der Waals surface area (Å²) in [5, 5.41) is 12.4. The van der Waals surface area contributed by atoms with Crippen molar-refractivity contribution >= 4 is 11.7 Å². The fourth-order valence-electron chi connectivity index (χ4n) is 1.28. The molecule has 0 aromatic rings. The zero-order valence-corrected chi connectivity index (χ0v) is 10.1. The average Bonchev–Trinajstić information content (AvgIpc) is 2.24. The van der Waals surface area contributed by atoms with E-state index in [1.807, 2.05) is 0 Å². The third-order valence-electron chi connectivity index (χ3n) is 2.20. The number of rotatable bonds is 6. The van der Waals surface area contributed by atoms with Crippen LogP contribution in [0.4, 0.5) is 26.3 Å². The summed E-state index contributed by atoms with van der Waals surface area (Å²) in [5.74, 6) is -6.31. The van der Waals surface area contributed by atoms with Crippen LogP contribution in [0.1, 0.15) is 19.3 Å². The number of amides is 1. The molecule has 0 saturated heterocycles.